The fourth-order valence-corrected chi connectivity index (χ4v) is 2.41. The van der Waals surface area contributed by atoms with Gasteiger partial charge in [0, 0.05) is 10.5 Å². The monoisotopic (exact) mass is 351 g/mol. The van der Waals surface area contributed by atoms with E-state index in [1.807, 2.05) is 25.1 Å². The molecule has 0 unspecified atom stereocenters. The molecular weight excluding hydrogens is 338 g/mol. The Morgan fingerprint density at radius 3 is 2.50 bits per heavy atom. The number of aryl methyl sites for hydroxylation is 1. The van der Waals surface area contributed by atoms with Gasteiger partial charge in [0.05, 0.1) is 12.7 Å². The maximum absolute atomic E-state index is 5.93. The number of thiocarbonyl (C=S) groups is 1. The maximum atomic E-state index is 5.93. The summed E-state index contributed by atoms with van der Waals surface area (Å²) in [5.74, 6) is 2.02. The highest BCUT2D eigenvalue weighted by Crippen LogP contribution is 2.32. The Labute approximate surface area is 131 Å². The van der Waals surface area contributed by atoms with Gasteiger partial charge in [-0.25, -0.2) is 0 Å². The molecule has 0 fully saturated rings. The summed E-state index contributed by atoms with van der Waals surface area (Å²) in [5, 5.41) is 0. The van der Waals surface area contributed by atoms with Crippen LogP contribution in [0.2, 0.25) is 0 Å². The van der Waals surface area contributed by atoms with Crippen molar-refractivity contribution in [1.82, 2.24) is 0 Å². The van der Waals surface area contributed by atoms with Crippen LogP contribution < -0.4 is 15.2 Å². The van der Waals surface area contributed by atoms with Crippen LogP contribution in [0, 0.1) is 6.92 Å². The quantitative estimate of drug-likeness (QED) is 0.838. The molecule has 2 aromatic carbocycles. The number of ether oxygens (including phenoxy) is 2. The zero-order valence-electron chi connectivity index (χ0n) is 11.1. The molecule has 2 aromatic rings. The average Bonchev–Trinajstić information content (AvgIpc) is 2.41. The minimum Gasteiger partial charge on any atom is -0.497 e. The molecule has 2 rings (SSSR count). The van der Waals surface area contributed by atoms with Crippen molar-refractivity contribution in [2.45, 2.75) is 6.92 Å². The van der Waals surface area contributed by atoms with Gasteiger partial charge in [-0.1, -0.05) is 28.1 Å². The lowest BCUT2D eigenvalue weighted by Gasteiger charge is -2.13. The van der Waals surface area contributed by atoms with Crippen LogP contribution in [0.15, 0.2) is 40.9 Å². The SMILES string of the molecule is COc1ccc(C(N)=S)c(Oc2ccc(Br)cc2C)c1. The molecule has 3 nitrogen and oxygen atoms in total. The van der Waals surface area contributed by atoms with E-state index in [0.29, 0.717) is 17.1 Å². The third-order valence-corrected chi connectivity index (χ3v) is 3.52. The lowest BCUT2D eigenvalue weighted by molar-refractivity contribution is 0.408. The van der Waals surface area contributed by atoms with Gasteiger partial charge in [0.25, 0.3) is 0 Å². The largest absolute Gasteiger partial charge is 0.497 e. The third kappa shape index (κ3) is 3.29. The van der Waals surface area contributed by atoms with Crippen molar-refractivity contribution in [3.05, 3.63) is 52.0 Å². The number of nitrogens with two attached hydrogens (primary N) is 1. The van der Waals surface area contributed by atoms with E-state index in [0.717, 1.165) is 15.8 Å². The van der Waals surface area contributed by atoms with Gasteiger partial charge in [0.2, 0.25) is 0 Å². The molecule has 0 spiro atoms. The molecule has 0 atom stereocenters. The second-order valence-corrected chi connectivity index (χ2v) is 5.59. The Morgan fingerprint density at radius 2 is 1.90 bits per heavy atom. The fraction of sp³-hybridized carbons (Fsp3) is 0.133. The first-order valence-electron chi connectivity index (χ1n) is 5.93. The summed E-state index contributed by atoms with van der Waals surface area (Å²) in [6.45, 7) is 1.97. The molecule has 0 aromatic heterocycles. The number of rotatable bonds is 4. The number of methoxy groups -OCH3 is 1. The zero-order valence-corrected chi connectivity index (χ0v) is 13.5. The predicted molar refractivity (Wildman–Crippen MR) is 87.8 cm³/mol. The Hall–Kier alpha value is -1.59. The van der Waals surface area contributed by atoms with Crippen molar-refractivity contribution in [1.29, 1.82) is 0 Å². The summed E-state index contributed by atoms with van der Waals surface area (Å²) >= 11 is 8.47. The summed E-state index contributed by atoms with van der Waals surface area (Å²) < 4.78 is 12.1. The molecule has 0 radical (unpaired) electrons. The highest BCUT2D eigenvalue weighted by atomic mass is 79.9. The van der Waals surface area contributed by atoms with Gasteiger partial charge >= 0.3 is 0 Å². The standard InChI is InChI=1S/C15H14BrNO2S/c1-9-7-10(16)3-6-13(9)19-14-8-11(18-2)4-5-12(14)15(17)20/h3-8H,1-2H3,(H2,17,20). The van der Waals surface area contributed by atoms with E-state index in [1.54, 1.807) is 25.3 Å². The molecule has 2 N–H and O–H groups in total. The molecule has 20 heavy (non-hydrogen) atoms. The van der Waals surface area contributed by atoms with Crippen molar-refractivity contribution in [3.63, 3.8) is 0 Å². The first-order valence-corrected chi connectivity index (χ1v) is 7.13. The minimum atomic E-state index is 0.289. The Balaban J connectivity index is 2.43. The normalized spacial score (nSPS) is 10.2. The zero-order chi connectivity index (χ0) is 14.7. The van der Waals surface area contributed by atoms with Crippen molar-refractivity contribution < 1.29 is 9.47 Å². The van der Waals surface area contributed by atoms with Crippen LogP contribution in [0.3, 0.4) is 0 Å². The number of hydrogen-bond acceptors (Lipinski definition) is 3. The first-order chi connectivity index (χ1) is 9.51. The molecule has 104 valence electrons. The van der Waals surface area contributed by atoms with Crippen LogP contribution in [0.5, 0.6) is 17.2 Å². The molecule has 5 heteroatoms. The van der Waals surface area contributed by atoms with E-state index in [-0.39, 0.29) is 4.99 Å². The van der Waals surface area contributed by atoms with Crippen molar-refractivity contribution in [2.24, 2.45) is 5.73 Å². The van der Waals surface area contributed by atoms with Crippen LogP contribution >= 0.6 is 28.1 Å². The molecule has 0 bridgehead atoms. The second-order valence-electron chi connectivity index (χ2n) is 4.24. The van der Waals surface area contributed by atoms with Crippen LogP contribution in [-0.4, -0.2) is 12.1 Å². The Kier molecular flexibility index (Phi) is 4.62. The summed E-state index contributed by atoms with van der Waals surface area (Å²) in [5.41, 5.74) is 7.42. The highest BCUT2D eigenvalue weighted by Gasteiger charge is 2.11. The van der Waals surface area contributed by atoms with Crippen LogP contribution in [-0.2, 0) is 0 Å². The minimum absolute atomic E-state index is 0.289. The van der Waals surface area contributed by atoms with E-state index in [2.05, 4.69) is 15.9 Å². The first kappa shape index (κ1) is 14.8. The third-order valence-electron chi connectivity index (χ3n) is 2.81. The lowest BCUT2D eigenvalue weighted by atomic mass is 10.2. The summed E-state index contributed by atoms with van der Waals surface area (Å²) in [4.78, 5) is 0.289. The van der Waals surface area contributed by atoms with Gasteiger partial charge in [-0.3, -0.25) is 0 Å². The van der Waals surface area contributed by atoms with E-state index < -0.39 is 0 Å². The maximum Gasteiger partial charge on any atom is 0.141 e. The topological polar surface area (TPSA) is 44.5 Å². The summed E-state index contributed by atoms with van der Waals surface area (Å²) in [6.07, 6.45) is 0. The van der Waals surface area contributed by atoms with E-state index in [4.69, 9.17) is 27.4 Å². The smallest absolute Gasteiger partial charge is 0.141 e. The van der Waals surface area contributed by atoms with Crippen molar-refractivity contribution in [2.75, 3.05) is 7.11 Å². The number of benzene rings is 2. The molecule has 0 aliphatic carbocycles. The molecular formula is C15H14BrNO2S. The van der Waals surface area contributed by atoms with Gasteiger partial charge in [-0.15, -0.1) is 0 Å². The molecule has 0 heterocycles. The van der Waals surface area contributed by atoms with E-state index in [1.165, 1.54) is 0 Å². The van der Waals surface area contributed by atoms with Gasteiger partial charge in [0.1, 0.15) is 22.2 Å². The molecule has 0 aliphatic rings. The predicted octanol–water partition coefficient (Wildman–Crippen LogP) is 4.19. The number of hydrogen-bond donors (Lipinski definition) is 1. The lowest BCUT2D eigenvalue weighted by Crippen LogP contribution is -2.11. The van der Waals surface area contributed by atoms with Gasteiger partial charge in [-0.2, -0.15) is 0 Å². The van der Waals surface area contributed by atoms with Gasteiger partial charge < -0.3 is 15.2 Å². The van der Waals surface area contributed by atoms with Crippen LogP contribution in [0.25, 0.3) is 0 Å². The average molecular weight is 352 g/mol. The van der Waals surface area contributed by atoms with E-state index >= 15 is 0 Å². The highest BCUT2D eigenvalue weighted by molar-refractivity contribution is 9.10. The fourth-order valence-electron chi connectivity index (χ4n) is 1.76. The number of halogens is 1. The molecule has 0 saturated heterocycles. The Morgan fingerprint density at radius 1 is 1.15 bits per heavy atom. The molecule has 0 saturated carbocycles. The Bertz CT molecular complexity index is 658. The molecule has 0 aliphatic heterocycles. The van der Waals surface area contributed by atoms with E-state index in [9.17, 15) is 0 Å². The van der Waals surface area contributed by atoms with Crippen LogP contribution in [0.1, 0.15) is 11.1 Å². The van der Waals surface area contributed by atoms with Gasteiger partial charge in [-0.05, 0) is 42.8 Å². The summed E-state index contributed by atoms with van der Waals surface area (Å²) in [7, 11) is 1.60. The van der Waals surface area contributed by atoms with Crippen molar-refractivity contribution >= 4 is 33.1 Å². The summed E-state index contributed by atoms with van der Waals surface area (Å²) in [6, 6.07) is 11.2. The molecule has 0 amide bonds. The van der Waals surface area contributed by atoms with Crippen molar-refractivity contribution in [3.8, 4) is 17.2 Å². The second kappa shape index (κ2) is 6.24. The van der Waals surface area contributed by atoms with Gasteiger partial charge in [0.15, 0.2) is 0 Å². The van der Waals surface area contributed by atoms with Crippen LogP contribution in [0.4, 0.5) is 0 Å².